The second-order valence-corrected chi connectivity index (χ2v) is 8.30. The van der Waals surface area contributed by atoms with Gasteiger partial charge in [-0.25, -0.2) is 8.42 Å². The van der Waals surface area contributed by atoms with Crippen LogP contribution >= 0.6 is 11.6 Å². The van der Waals surface area contributed by atoms with Crippen LogP contribution in [-0.2, 0) is 21.2 Å². The van der Waals surface area contributed by atoms with Gasteiger partial charge in [-0.2, -0.15) is 0 Å². The average Bonchev–Trinajstić information content (AvgIpc) is 2.89. The molecule has 2 aromatic rings. The van der Waals surface area contributed by atoms with Crippen LogP contribution in [0.4, 0.5) is 11.4 Å². The van der Waals surface area contributed by atoms with Crippen molar-refractivity contribution in [3.8, 4) is 5.75 Å². The Bertz CT molecular complexity index is 975. The number of sulfonamides is 1. The third-order valence-corrected chi connectivity index (χ3v) is 5.92. The quantitative estimate of drug-likeness (QED) is 0.861. The number of hydrogen-bond acceptors (Lipinski definition) is 4. The second-order valence-electron chi connectivity index (χ2n) is 6.18. The molecule has 0 saturated carbocycles. The summed E-state index contributed by atoms with van der Waals surface area (Å²) < 4.78 is 33.3. The molecule has 1 aliphatic rings. The Morgan fingerprint density at radius 2 is 2.00 bits per heavy atom. The van der Waals surface area contributed by atoms with E-state index in [2.05, 4.69) is 4.72 Å². The molecule has 1 amide bonds. The third kappa shape index (κ3) is 3.37. The Morgan fingerprint density at radius 1 is 1.27 bits per heavy atom. The van der Waals surface area contributed by atoms with E-state index >= 15 is 0 Å². The molecule has 138 valence electrons. The highest BCUT2D eigenvalue weighted by Gasteiger charge is 2.30. The number of amides is 1. The predicted octanol–water partition coefficient (Wildman–Crippen LogP) is 3.45. The molecule has 1 unspecified atom stereocenters. The van der Waals surface area contributed by atoms with Crippen molar-refractivity contribution in [2.45, 2.75) is 31.2 Å². The Balaban J connectivity index is 1.96. The molecule has 1 aliphatic heterocycles. The molecule has 1 heterocycles. The number of fused-ring (bicyclic) bond motifs is 1. The van der Waals surface area contributed by atoms with Crippen molar-refractivity contribution in [2.24, 2.45) is 0 Å². The average molecular weight is 395 g/mol. The van der Waals surface area contributed by atoms with Gasteiger partial charge in [0.15, 0.2) is 0 Å². The second kappa shape index (κ2) is 6.81. The number of carbonyl (C=O) groups excluding carboxylic acids is 1. The molecule has 0 radical (unpaired) electrons. The molecule has 0 aliphatic carbocycles. The Hall–Kier alpha value is -2.25. The molecule has 0 saturated heterocycles. The molecule has 0 spiro atoms. The zero-order chi connectivity index (χ0) is 19.1. The van der Waals surface area contributed by atoms with Crippen LogP contribution in [0.2, 0.25) is 5.02 Å². The molecule has 26 heavy (non-hydrogen) atoms. The van der Waals surface area contributed by atoms with Crippen LogP contribution in [0, 0.1) is 0 Å². The fourth-order valence-corrected chi connectivity index (χ4v) is 4.50. The smallest absolute Gasteiger partial charge is 0.262 e. The highest BCUT2D eigenvalue weighted by atomic mass is 35.5. The van der Waals surface area contributed by atoms with Gasteiger partial charge in [0.25, 0.3) is 10.0 Å². The summed E-state index contributed by atoms with van der Waals surface area (Å²) in [7, 11) is -2.38. The van der Waals surface area contributed by atoms with Crippen LogP contribution in [0.1, 0.15) is 19.4 Å². The van der Waals surface area contributed by atoms with Gasteiger partial charge in [-0.1, -0.05) is 11.6 Å². The van der Waals surface area contributed by atoms with Crippen molar-refractivity contribution in [3.05, 3.63) is 47.0 Å². The number of benzene rings is 2. The SMILES string of the molecule is COc1ccc(Cl)cc1NS(=O)(=O)c1ccc2c(c1)CC(C)N2C(C)=O. The van der Waals surface area contributed by atoms with Gasteiger partial charge in [0.2, 0.25) is 5.91 Å². The molecule has 1 atom stereocenters. The van der Waals surface area contributed by atoms with Gasteiger partial charge >= 0.3 is 0 Å². The first-order valence-corrected chi connectivity index (χ1v) is 9.88. The Labute approximate surface area is 157 Å². The molecular formula is C18H19ClN2O4S. The monoisotopic (exact) mass is 394 g/mol. The molecular weight excluding hydrogens is 376 g/mol. The summed E-state index contributed by atoms with van der Waals surface area (Å²) in [6.45, 7) is 3.44. The first-order chi connectivity index (χ1) is 12.2. The number of anilines is 2. The minimum absolute atomic E-state index is 0.00133. The molecule has 0 bridgehead atoms. The lowest BCUT2D eigenvalue weighted by molar-refractivity contribution is -0.116. The molecule has 1 N–H and O–H groups in total. The van der Waals surface area contributed by atoms with Crippen LogP contribution in [0.5, 0.6) is 5.75 Å². The molecule has 8 heteroatoms. The predicted molar refractivity (Wildman–Crippen MR) is 102 cm³/mol. The van der Waals surface area contributed by atoms with Crippen molar-refractivity contribution in [2.75, 3.05) is 16.7 Å². The van der Waals surface area contributed by atoms with Crippen molar-refractivity contribution < 1.29 is 17.9 Å². The van der Waals surface area contributed by atoms with E-state index in [0.29, 0.717) is 17.2 Å². The van der Waals surface area contributed by atoms with Crippen LogP contribution in [0.25, 0.3) is 0 Å². The summed E-state index contributed by atoms with van der Waals surface area (Å²) in [6.07, 6.45) is 0.610. The van der Waals surface area contributed by atoms with E-state index in [4.69, 9.17) is 16.3 Å². The van der Waals surface area contributed by atoms with Crippen LogP contribution < -0.4 is 14.4 Å². The molecule has 0 aromatic heterocycles. The molecule has 6 nitrogen and oxygen atoms in total. The van der Waals surface area contributed by atoms with E-state index < -0.39 is 10.0 Å². The largest absolute Gasteiger partial charge is 0.495 e. The maximum atomic E-state index is 12.8. The maximum Gasteiger partial charge on any atom is 0.262 e. The van der Waals surface area contributed by atoms with Gasteiger partial charge in [-0.15, -0.1) is 0 Å². The van der Waals surface area contributed by atoms with E-state index in [1.54, 1.807) is 29.2 Å². The van der Waals surface area contributed by atoms with E-state index in [1.807, 2.05) is 6.92 Å². The summed E-state index contributed by atoms with van der Waals surface area (Å²) >= 11 is 5.96. The number of halogens is 1. The zero-order valence-electron chi connectivity index (χ0n) is 14.6. The summed E-state index contributed by atoms with van der Waals surface area (Å²) in [5.41, 5.74) is 1.84. The number of hydrogen-bond donors (Lipinski definition) is 1. The van der Waals surface area contributed by atoms with Crippen molar-refractivity contribution in [3.63, 3.8) is 0 Å². The Morgan fingerprint density at radius 3 is 2.65 bits per heavy atom. The van der Waals surface area contributed by atoms with Crippen LogP contribution in [-0.4, -0.2) is 27.5 Å². The van der Waals surface area contributed by atoms with E-state index in [9.17, 15) is 13.2 Å². The summed E-state index contributed by atoms with van der Waals surface area (Å²) in [6, 6.07) is 9.47. The molecule has 3 rings (SSSR count). The van der Waals surface area contributed by atoms with Gasteiger partial charge in [0.1, 0.15) is 5.75 Å². The summed E-state index contributed by atoms with van der Waals surface area (Å²) in [4.78, 5) is 13.6. The number of nitrogens with one attached hydrogen (secondary N) is 1. The standard InChI is InChI=1S/C18H19ClN2O4S/c1-11-8-13-9-15(5-6-17(13)21(11)12(2)22)26(23,24)20-16-10-14(19)4-7-18(16)25-3/h4-7,9-11,20H,8H2,1-3H3. The third-order valence-electron chi connectivity index (χ3n) is 4.32. The maximum absolute atomic E-state index is 12.8. The topological polar surface area (TPSA) is 75.7 Å². The first kappa shape index (κ1) is 18.5. The normalized spacial score (nSPS) is 16.3. The number of ether oxygens (including phenoxy) is 1. The number of nitrogens with zero attached hydrogens (tertiary/aromatic N) is 1. The number of carbonyl (C=O) groups is 1. The van der Waals surface area contributed by atoms with Gasteiger partial charge in [0, 0.05) is 23.7 Å². The highest BCUT2D eigenvalue weighted by Crippen LogP contribution is 2.35. The summed E-state index contributed by atoms with van der Waals surface area (Å²) in [5, 5.41) is 0.392. The lowest BCUT2D eigenvalue weighted by Gasteiger charge is -2.20. The van der Waals surface area contributed by atoms with Crippen molar-refractivity contribution in [1.82, 2.24) is 0 Å². The Kier molecular flexibility index (Phi) is 4.86. The van der Waals surface area contributed by atoms with Gasteiger partial charge in [-0.3, -0.25) is 9.52 Å². The lowest BCUT2D eigenvalue weighted by Crippen LogP contribution is -2.33. The number of rotatable bonds is 4. The first-order valence-electron chi connectivity index (χ1n) is 8.02. The summed E-state index contributed by atoms with van der Waals surface area (Å²) in [5.74, 6) is 0.309. The molecule has 0 fully saturated rings. The van der Waals surface area contributed by atoms with Crippen molar-refractivity contribution in [1.29, 1.82) is 0 Å². The van der Waals surface area contributed by atoms with Crippen LogP contribution in [0.15, 0.2) is 41.3 Å². The van der Waals surface area contributed by atoms with Crippen LogP contribution in [0.3, 0.4) is 0 Å². The fourth-order valence-electron chi connectivity index (χ4n) is 3.22. The van der Waals surface area contributed by atoms with Gasteiger partial charge < -0.3 is 9.64 Å². The van der Waals surface area contributed by atoms with E-state index in [0.717, 1.165) is 11.3 Å². The number of methoxy groups -OCH3 is 1. The van der Waals surface area contributed by atoms with Gasteiger partial charge in [0.05, 0.1) is 17.7 Å². The fraction of sp³-hybridized carbons (Fsp3) is 0.278. The van der Waals surface area contributed by atoms with Crippen molar-refractivity contribution >= 4 is 38.9 Å². The van der Waals surface area contributed by atoms with Gasteiger partial charge in [-0.05, 0) is 55.3 Å². The minimum Gasteiger partial charge on any atom is -0.495 e. The van der Waals surface area contributed by atoms with E-state index in [1.165, 1.54) is 26.2 Å². The zero-order valence-corrected chi connectivity index (χ0v) is 16.2. The van der Waals surface area contributed by atoms with E-state index in [-0.39, 0.29) is 22.5 Å². The lowest BCUT2D eigenvalue weighted by atomic mass is 10.1. The molecule has 2 aromatic carbocycles. The minimum atomic E-state index is -3.83. The highest BCUT2D eigenvalue weighted by molar-refractivity contribution is 7.92.